The molecular formula is C134H92BCl2IN8O2. The van der Waals surface area contributed by atoms with Gasteiger partial charge in [-0.05, 0) is 285 Å². The maximum atomic E-state index is 9.44. The van der Waals surface area contributed by atoms with Gasteiger partial charge in [0.05, 0.1) is 44.5 Å². The topological polar surface area (TPSA) is 128 Å². The summed E-state index contributed by atoms with van der Waals surface area (Å²) in [7, 11) is -1.44. The lowest BCUT2D eigenvalue weighted by Crippen LogP contribution is -2.31. The Balaban J connectivity index is 0.000000115. The number of benzene rings is 22. The monoisotopic (exact) mass is 2050 g/mol. The molecule has 0 saturated heterocycles. The van der Waals surface area contributed by atoms with Crippen LogP contribution in [0.2, 0.25) is 10.3 Å². The molecule has 704 valence electrons. The van der Waals surface area contributed by atoms with E-state index in [0.29, 0.717) is 15.8 Å². The van der Waals surface area contributed by atoms with Crippen molar-refractivity contribution < 1.29 is 10.0 Å². The van der Waals surface area contributed by atoms with E-state index in [9.17, 15) is 10.0 Å². The standard InChI is InChI=1S/C67H44N4.C23H14ClN.C21H18N2.C14H11BO2.C9H5ClIN/c1-67(2)57-30-14-18-34-62(57)71(66-39-55(50-28-12-16-32-60(50)69-66)53-36-42-20-4-6-22-44(42)46-24-8-10-26-48(46)53)64-40-63-56(37-58(64)67)51-29-13-17-33-61(51)70(63)65-38-54(49-27-11-15-31-59(49)68-65)52-35-41-19-3-5-21-43(41)45-23-7-9-25-47(45)52;24-23-14-21(19-11-5-6-12-22(19)25-23)20-13-15-7-1-2-8-16(15)17-9-3-4-10-18(17)20;1-21(2)15-8-4-6-10-18(15)23-20-12-19-14(11-16(20)21)13-7-3-5-9-17(13)22-19;16-15(17)14-9-10-5-1-2-6-11(10)12-7-3-4-8-13(12)14;10-9-5-7(11)6-3-1-2-4-8(6)12-9/h3-40H,1-2H3;1-14H;3-12,22-23H,1-2H3;1-9,16-17H;1-5H. The van der Waals surface area contributed by atoms with E-state index in [4.69, 9.17) is 33.2 Å². The zero-order chi connectivity index (χ0) is 99.7. The molecule has 8 heterocycles. The second kappa shape index (κ2) is 37.0. The average Bonchev–Trinajstić information content (AvgIpc) is 1.41. The number of aromatic nitrogens is 6. The maximum Gasteiger partial charge on any atom is 0.489 e. The quantitative estimate of drug-likeness (QED) is 0.0561. The number of hydrogen-bond donors (Lipinski definition) is 4. The van der Waals surface area contributed by atoms with E-state index in [1.807, 2.05) is 109 Å². The number of anilines is 5. The molecule has 22 aromatic carbocycles. The minimum Gasteiger partial charge on any atom is -0.423 e. The average molecular weight is 2050 g/mol. The van der Waals surface area contributed by atoms with Gasteiger partial charge in [0.25, 0.3) is 0 Å². The first-order chi connectivity index (χ1) is 72.5. The number of pyridine rings is 4. The molecule has 0 amide bonds. The summed E-state index contributed by atoms with van der Waals surface area (Å²) in [4.78, 5) is 25.8. The summed E-state index contributed by atoms with van der Waals surface area (Å²) in [6.45, 7) is 9.37. The van der Waals surface area contributed by atoms with Gasteiger partial charge in [-0.3, -0.25) is 9.47 Å². The van der Waals surface area contributed by atoms with Crippen LogP contribution in [0.25, 0.3) is 213 Å². The van der Waals surface area contributed by atoms with Crippen molar-refractivity contribution in [1.82, 2.24) is 29.5 Å². The van der Waals surface area contributed by atoms with Crippen molar-refractivity contribution in [2.45, 2.75) is 38.5 Å². The Hall–Kier alpha value is -16.9. The molecule has 4 N–H and O–H groups in total. The first kappa shape index (κ1) is 91.0. The fourth-order valence-electron chi connectivity index (χ4n) is 23.2. The minimum absolute atomic E-state index is 0.0102. The molecule has 6 aromatic heterocycles. The van der Waals surface area contributed by atoms with E-state index < -0.39 is 7.12 Å². The van der Waals surface area contributed by atoms with Crippen molar-refractivity contribution in [3.63, 3.8) is 0 Å². The Kier molecular flexibility index (Phi) is 22.7. The fraction of sp³-hybridized carbons (Fsp3) is 0.0448. The predicted molar refractivity (Wildman–Crippen MR) is 635 cm³/mol. The van der Waals surface area contributed by atoms with Gasteiger partial charge in [0, 0.05) is 79.9 Å². The number of H-pyrrole nitrogens is 1. The van der Waals surface area contributed by atoms with E-state index in [1.165, 1.54) is 148 Å². The summed E-state index contributed by atoms with van der Waals surface area (Å²) in [6, 6.07) is 163. The number of nitrogens with one attached hydrogen (secondary N) is 2. The molecule has 30 rings (SSSR count). The van der Waals surface area contributed by atoms with Crippen molar-refractivity contribution in [3.05, 3.63) is 497 Å². The minimum atomic E-state index is -1.44. The lowest BCUT2D eigenvalue weighted by atomic mass is 9.73. The largest absolute Gasteiger partial charge is 0.489 e. The number of nitrogens with zero attached hydrogens (tertiary/aromatic N) is 6. The summed E-state index contributed by atoms with van der Waals surface area (Å²) in [5.41, 5.74) is 25.4. The highest BCUT2D eigenvalue weighted by atomic mass is 127. The molecule has 2 aliphatic rings. The van der Waals surface area contributed by atoms with Crippen LogP contribution in [0, 0.1) is 3.57 Å². The molecule has 0 radical (unpaired) electrons. The Morgan fingerprint density at radius 1 is 0.257 bits per heavy atom. The van der Waals surface area contributed by atoms with Crippen molar-refractivity contribution >= 4 is 260 Å². The second-order valence-electron chi connectivity index (χ2n) is 39.3. The van der Waals surface area contributed by atoms with Gasteiger partial charge in [0.2, 0.25) is 0 Å². The van der Waals surface area contributed by atoms with Crippen molar-refractivity contribution in [1.29, 1.82) is 0 Å². The highest BCUT2D eigenvalue weighted by Crippen LogP contribution is 2.56. The first-order valence-electron chi connectivity index (χ1n) is 49.9. The molecule has 0 atom stereocenters. The van der Waals surface area contributed by atoms with Gasteiger partial charge in [-0.25, -0.2) is 19.9 Å². The van der Waals surface area contributed by atoms with E-state index in [2.05, 4.69) is 432 Å². The lowest BCUT2D eigenvalue weighted by Gasteiger charge is -2.41. The molecule has 0 spiro atoms. The zero-order valence-electron chi connectivity index (χ0n) is 81.2. The summed E-state index contributed by atoms with van der Waals surface area (Å²) in [6.07, 6.45) is 0. The molecule has 0 unspecified atom stereocenters. The number of rotatable bonds is 6. The van der Waals surface area contributed by atoms with Gasteiger partial charge >= 0.3 is 7.12 Å². The molecule has 0 bridgehead atoms. The van der Waals surface area contributed by atoms with Crippen LogP contribution in [0.5, 0.6) is 0 Å². The number of para-hydroxylation sites is 8. The summed E-state index contributed by atoms with van der Waals surface area (Å²) < 4.78 is 3.54. The van der Waals surface area contributed by atoms with Crippen LogP contribution in [0.4, 0.5) is 28.6 Å². The smallest absolute Gasteiger partial charge is 0.423 e. The molecular weight excluding hydrogens is 1960 g/mol. The third-order valence-electron chi connectivity index (χ3n) is 30.1. The van der Waals surface area contributed by atoms with E-state index in [1.54, 1.807) is 0 Å². The van der Waals surface area contributed by atoms with Crippen LogP contribution in [-0.4, -0.2) is 46.7 Å². The van der Waals surface area contributed by atoms with Crippen LogP contribution in [0.3, 0.4) is 0 Å². The van der Waals surface area contributed by atoms with E-state index >= 15 is 0 Å². The van der Waals surface area contributed by atoms with Gasteiger partial charge in [-0.15, -0.1) is 0 Å². The van der Waals surface area contributed by atoms with Gasteiger partial charge in [0.1, 0.15) is 21.9 Å². The fourth-order valence-corrected chi connectivity index (χ4v) is 24.5. The lowest BCUT2D eigenvalue weighted by molar-refractivity contribution is 0.426. The Morgan fingerprint density at radius 2 is 0.628 bits per heavy atom. The van der Waals surface area contributed by atoms with Crippen LogP contribution >= 0.6 is 45.8 Å². The van der Waals surface area contributed by atoms with Crippen molar-refractivity contribution in [3.8, 4) is 39.2 Å². The summed E-state index contributed by atoms with van der Waals surface area (Å²) in [5, 5.41) is 52.0. The van der Waals surface area contributed by atoms with Gasteiger partial charge < -0.3 is 20.3 Å². The zero-order valence-corrected chi connectivity index (χ0v) is 84.8. The third-order valence-corrected chi connectivity index (χ3v) is 31.4. The van der Waals surface area contributed by atoms with Gasteiger partial charge in [-0.2, -0.15) is 0 Å². The molecule has 2 aliphatic heterocycles. The normalized spacial score (nSPS) is 12.8. The van der Waals surface area contributed by atoms with E-state index in [0.717, 1.165) is 119 Å². The van der Waals surface area contributed by atoms with Crippen molar-refractivity contribution in [2.75, 3.05) is 10.2 Å². The molecule has 148 heavy (non-hydrogen) atoms. The number of halogens is 3. The molecule has 10 nitrogen and oxygen atoms in total. The predicted octanol–water partition coefficient (Wildman–Crippen LogP) is 35.7. The highest BCUT2D eigenvalue weighted by Gasteiger charge is 2.40. The molecule has 0 aliphatic carbocycles. The Bertz CT molecular complexity index is 10300. The Labute approximate surface area is 877 Å². The van der Waals surface area contributed by atoms with E-state index in [-0.39, 0.29) is 10.8 Å². The second-order valence-corrected chi connectivity index (χ2v) is 41.3. The van der Waals surface area contributed by atoms with Crippen molar-refractivity contribution in [2.24, 2.45) is 0 Å². The molecule has 0 fully saturated rings. The summed E-state index contributed by atoms with van der Waals surface area (Å²) in [5.74, 6) is 1.75. The number of hydrogen-bond acceptors (Lipinski definition) is 8. The molecule has 0 saturated carbocycles. The Morgan fingerprint density at radius 3 is 1.17 bits per heavy atom. The van der Waals surface area contributed by atoms with Crippen LogP contribution < -0.4 is 15.7 Å². The van der Waals surface area contributed by atoms with Crippen LogP contribution in [0.15, 0.2) is 461 Å². The number of fused-ring (bicyclic) bond motifs is 26. The SMILES string of the molecule is CC1(C)c2ccccc2N(c2cc(-c3cc4ccccc4c4ccccc34)c3ccccc3n2)c2cc3c(cc21)c1ccccc1n3-c1cc(-c2cc3ccccc3c3ccccc23)c2ccccc2n1.CC1(C)c2ccccc2Nc2cc3[nH]c4ccccc4c3cc21.Clc1cc(-c2cc3ccccc3c3ccccc23)c2ccccc2n1.Clc1cc(I)c2ccccc2n1.OB(O)c1cc2ccccc2c2ccccc12. The first-order valence-corrected chi connectivity index (χ1v) is 51.8. The maximum absolute atomic E-state index is 9.44. The highest BCUT2D eigenvalue weighted by molar-refractivity contribution is 14.1. The number of aromatic amines is 1. The van der Waals surface area contributed by atoms with Crippen LogP contribution in [-0.2, 0) is 10.8 Å². The third kappa shape index (κ3) is 15.7. The van der Waals surface area contributed by atoms with Crippen LogP contribution in [0.1, 0.15) is 49.9 Å². The molecule has 28 aromatic rings. The molecule has 14 heteroatoms. The van der Waals surface area contributed by atoms with Gasteiger partial charge in [0.15, 0.2) is 0 Å². The van der Waals surface area contributed by atoms with Gasteiger partial charge in [-0.1, -0.05) is 397 Å². The summed E-state index contributed by atoms with van der Waals surface area (Å²) >= 11 is 14.4.